The summed E-state index contributed by atoms with van der Waals surface area (Å²) >= 11 is 0. The van der Waals surface area contributed by atoms with E-state index in [1.54, 1.807) is 0 Å². The summed E-state index contributed by atoms with van der Waals surface area (Å²) in [5, 5.41) is 3.47. The second-order valence-electron chi connectivity index (χ2n) is 3.54. The highest BCUT2D eigenvalue weighted by molar-refractivity contribution is 5.00. The van der Waals surface area contributed by atoms with Crippen molar-refractivity contribution >= 4 is 0 Å². The molecule has 0 spiro atoms. The summed E-state index contributed by atoms with van der Waals surface area (Å²) in [6.07, 6.45) is 7.63. The average molecular weight is 166 g/mol. The van der Waals surface area contributed by atoms with Gasteiger partial charge < -0.3 is 4.90 Å². The second kappa shape index (κ2) is 4.49. The zero-order chi connectivity index (χ0) is 8.97. The normalized spacial score (nSPS) is 26.9. The zero-order valence-electron chi connectivity index (χ0n) is 8.01. The minimum absolute atomic E-state index is 0.265. The van der Waals surface area contributed by atoms with Gasteiger partial charge in [-0.15, -0.1) is 6.42 Å². The molecule has 0 amide bonds. The molecule has 0 aromatic rings. The van der Waals surface area contributed by atoms with Crippen LogP contribution < -0.4 is 5.32 Å². The van der Waals surface area contributed by atoms with E-state index in [0.29, 0.717) is 6.04 Å². The first-order valence-corrected chi connectivity index (χ1v) is 4.67. The fourth-order valence-electron chi connectivity index (χ4n) is 1.64. The van der Waals surface area contributed by atoms with Crippen molar-refractivity contribution in [1.82, 2.24) is 10.2 Å². The monoisotopic (exact) mass is 166 g/mol. The van der Waals surface area contributed by atoms with Crippen molar-refractivity contribution in [3.8, 4) is 12.3 Å². The van der Waals surface area contributed by atoms with Gasteiger partial charge in [-0.1, -0.05) is 12.8 Å². The van der Waals surface area contributed by atoms with Gasteiger partial charge in [-0.3, -0.25) is 5.32 Å². The Kier molecular flexibility index (Phi) is 3.58. The molecule has 1 aliphatic heterocycles. The number of rotatable bonds is 3. The van der Waals surface area contributed by atoms with Gasteiger partial charge in [0.05, 0.1) is 6.04 Å². The molecule has 2 unspecified atom stereocenters. The quantitative estimate of drug-likeness (QED) is 0.621. The van der Waals surface area contributed by atoms with Gasteiger partial charge in [-0.25, -0.2) is 0 Å². The summed E-state index contributed by atoms with van der Waals surface area (Å²) in [4.78, 5) is 2.33. The van der Waals surface area contributed by atoms with E-state index in [-0.39, 0.29) is 6.04 Å². The van der Waals surface area contributed by atoms with Crippen molar-refractivity contribution in [3.63, 3.8) is 0 Å². The SMILES string of the molecule is C#CC(CC)NC1CCN(C)C1. The van der Waals surface area contributed by atoms with E-state index in [0.717, 1.165) is 13.0 Å². The Hall–Kier alpha value is -0.520. The lowest BCUT2D eigenvalue weighted by Crippen LogP contribution is -2.38. The van der Waals surface area contributed by atoms with Gasteiger partial charge in [0, 0.05) is 12.6 Å². The molecule has 0 radical (unpaired) electrons. The number of hydrogen-bond acceptors (Lipinski definition) is 2. The maximum atomic E-state index is 5.37. The van der Waals surface area contributed by atoms with Crippen LogP contribution in [0.15, 0.2) is 0 Å². The summed E-state index contributed by atoms with van der Waals surface area (Å²) in [6.45, 7) is 4.45. The predicted molar refractivity (Wildman–Crippen MR) is 51.9 cm³/mol. The first-order valence-electron chi connectivity index (χ1n) is 4.67. The van der Waals surface area contributed by atoms with Crippen molar-refractivity contribution < 1.29 is 0 Å². The maximum Gasteiger partial charge on any atom is 0.0686 e. The highest BCUT2D eigenvalue weighted by atomic mass is 15.2. The van der Waals surface area contributed by atoms with E-state index in [9.17, 15) is 0 Å². The number of terminal acetylenes is 1. The van der Waals surface area contributed by atoms with Crippen molar-refractivity contribution in [2.45, 2.75) is 31.8 Å². The zero-order valence-corrected chi connectivity index (χ0v) is 8.01. The largest absolute Gasteiger partial charge is 0.305 e. The Morgan fingerprint density at radius 3 is 2.92 bits per heavy atom. The molecule has 0 aromatic carbocycles. The summed E-state index contributed by atoms with van der Waals surface area (Å²) in [5.41, 5.74) is 0. The van der Waals surface area contributed by atoms with E-state index in [2.05, 4.69) is 30.1 Å². The van der Waals surface area contributed by atoms with Crippen molar-refractivity contribution in [3.05, 3.63) is 0 Å². The van der Waals surface area contributed by atoms with Crippen LogP contribution in [0.3, 0.4) is 0 Å². The van der Waals surface area contributed by atoms with Crippen LogP contribution in [0.2, 0.25) is 0 Å². The van der Waals surface area contributed by atoms with E-state index < -0.39 is 0 Å². The Bertz CT molecular complexity index is 171. The van der Waals surface area contributed by atoms with Gasteiger partial charge in [-0.2, -0.15) is 0 Å². The molecule has 1 saturated heterocycles. The smallest absolute Gasteiger partial charge is 0.0686 e. The summed E-state index contributed by atoms with van der Waals surface area (Å²) in [7, 11) is 2.15. The van der Waals surface area contributed by atoms with Crippen LogP contribution in [0.1, 0.15) is 19.8 Å². The first kappa shape index (κ1) is 9.57. The molecule has 2 nitrogen and oxygen atoms in total. The third-order valence-electron chi connectivity index (χ3n) is 2.44. The Morgan fingerprint density at radius 1 is 1.75 bits per heavy atom. The molecular weight excluding hydrogens is 148 g/mol. The molecule has 1 aliphatic rings. The molecule has 0 bridgehead atoms. The highest BCUT2D eigenvalue weighted by Gasteiger charge is 2.20. The molecule has 0 saturated carbocycles. The Labute approximate surface area is 75.3 Å². The fraction of sp³-hybridized carbons (Fsp3) is 0.800. The van der Waals surface area contributed by atoms with Crippen molar-refractivity contribution in [1.29, 1.82) is 0 Å². The lowest BCUT2D eigenvalue weighted by Gasteiger charge is -2.16. The molecule has 68 valence electrons. The van der Waals surface area contributed by atoms with Gasteiger partial charge in [0.2, 0.25) is 0 Å². The molecule has 1 N–H and O–H groups in total. The van der Waals surface area contributed by atoms with Crippen LogP contribution in [0, 0.1) is 12.3 Å². The number of hydrogen-bond donors (Lipinski definition) is 1. The first-order chi connectivity index (χ1) is 5.76. The summed E-state index contributed by atoms with van der Waals surface area (Å²) < 4.78 is 0. The lowest BCUT2D eigenvalue weighted by atomic mass is 10.2. The van der Waals surface area contributed by atoms with E-state index >= 15 is 0 Å². The molecule has 1 rings (SSSR count). The van der Waals surface area contributed by atoms with Crippen LogP contribution in [-0.2, 0) is 0 Å². The molecule has 0 aliphatic carbocycles. The Morgan fingerprint density at radius 2 is 2.50 bits per heavy atom. The number of nitrogens with zero attached hydrogens (tertiary/aromatic N) is 1. The van der Waals surface area contributed by atoms with Gasteiger partial charge in [0.15, 0.2) is 0 Å². The van der Waals surface area contributed by atoms with Gasteiger partial charge >= 0.3 is 0 Å². The van der Waals surface area contributed by atoms with Crippen LogP contribution in [0.25, 0.3) is 0 Å². The topological polar surface area (TPSA) is 15.3 Å². The lowest BCUT2D eigenvalue weighted by molar-refractivity contribution is 0.391. The molecule has 1 fully saturated rings. The predicted octanol–water partition coefficient (Wildman–Crippen LogP) is 0.692. The second-order valence-corrected chi connectivity index (χ2v) is 3.54. The molecule has 12 heavy (non-hydrogen) atoms. The molecule has 1 heterocycles. The molecule has 0 aromatic heterocycles. The van der Waals surface area contributed by atoms with Gasteiger partial charge in [-0.05, 0) is 26.4 Å². The minimum Gasteiger partial charge on any atom is -0.305 e. The van der Waals surface area contributed by atoms with Gasteiger partial charge in [0.25, 0.3) is 0 Å². The van der Waals surface area contributed by atoms with E-state index in [1.807, 2.05) is 0 Å². The van der Waals surface area contributed by atoms with Crippen molar-refractivity contribution in [2.75, 3.05) is 20.1 Å². The standard InChI is InChI=1S/C10H18N2/c1-4-9(5-2)11-10-6-7-12(3)8-10/h1,9-11H,5-8H2,2-3H3. The third kappa shape index (κ3) is 2.51. The van der Waals surface area contributed by atoms with Crippen molar-refractivity contribution in [2.24, 2.45) is 0 Å². The number of nitrogens with one attached hydrogen (secondary N) is 1. The van der Waals surface area contributed by atoms with E-state index in [4.69, 9.17) is 6.42 Å². The van der Waals surface area contributed by atoms with E-state index in [1.165, 1.54) is 13.0 Å². The number of likely N-dealkylation sites (N-methyl/N-ethyl adjacent to an activating group) is 1. The molecular formula is C10H18N2. The van der Waals surface area contributed by atoms with Crippen LogP contribution in [0.5, 0.6) is 0 Å². The van der Waals surface area contributed by atoms with Gasteiger partial charge in [0.1, 0.15) is 0 Å². The highest BCUT2D eigenvalue weighted by Crippen LogP contribution is 2.07. The number of likely N-dealkylation sites (tertiary alicyclic amines) is 1. The van der Waals surface area contributed by atoms with Crippen LogP contribution in [0.4, 0.5) is 0 Å². The summed E-state index contributed by atoms with van der Waals surface area (Å²) in [5.74, 6) is 2.76. The summed E-state index contributed by atoms with van der Waals surface area (Å²) in [6, 6.07) is 0.873. The maximum absolute atomic E-state index is 5.37. The fourth-order valence-corrected chi connectivity index (χ4v) is 1.64. The Balaban J connectivity index is 2.27. The third-order valence-corrected chi connectivity index (χ3v) is 2.44. The van der Waals surface area contributed by atoms with Crippen LogP contribution >= 0.6 is 0 Å². The minimum atomic E-state index is 0.265. The average Bonchev–Trinajstić information content (AvgIpc) is 2.47. The molecule has 2 atom stereocenters. The molecule has 2 heteroatoms. The van der Waals surface area contributed by atoms with Crippen LogP contribution in [-0.4, -0.2) is 37.1 Å².